The molecule has 35 heavy (non-hydrogen) atoms. The van der Waals surface area contributed by atoms with E-state index in [1.807, 2.05) is 22.1 Å². The Labute approximate surface area is 201 Å². The lowest BCUT2D eigenvalue weighted by Gasteiger charge is -2.35. The monoisotopic (exact) mass is 468 g/mol. The molecule has 9 heteroatoms. The summed E-state index contributed by atoms with van der Waals surface area (Å²) in [7, 11) is 0. The van der Waals surface area contributed by atoms with Crippen molar-refractivity contribution >= 4 is 28.4 Å². The Bertz CT molecular complexity index is 1430. The van der Waals surface area contributed by atoms with Crippen LogP contribution >= 0.6 is 0 Å². The number of furan rings is 1. The van der Waals surface area contributed by atoms with Crippen LogP contribution in [0.25, 0.3) is 28.3 Å². The zero-order valence-corrected chi connectivity index (χ0v) is 19.1. The Balaban J connectivity index is 1.10. The minimum Gasteiger partial charge on any atom is -0.459 e. The molecule has 0 aromatic carbocycles. The average Bonchev–Trinajstić information content (AvgIpc) is 3.68. The second-order valence-electron chi connectivity index (χ2n) is 8.89. The van der Waals surface area contributed by atoms with Crippen molar-refractivity contribution in [3.63, 3.8) is 0 Å². The van der Waals surface area contributed by atoms with Crippen molar-refractivity contribution in [2.24, 2.45) is 5.92 Å². The van der Waals surface area contributed by atoms with Gasteiger partial charge in [-0.15, -0.1) is 0 Å². The summed E-state index contributed by atoms with van der Waals surface area (Å²) in [5, 5.41) is 10.6. The molecule has 1 fully saturated rings. The van der Waals surface area contributed by atoms with Crippen molar-refractivity contribution in [1.29, 1.82) is 5.26 Å². The first-order valence-electron chi connectivity index (χ1n) is 11.8. The van der Waals surface area contributed by atoms with Gasteiger partial charge in [0.25, 0.3) is 5.89 Å². The summed E-state index contributed by atoms with van der Waals surface area (Å²) in [5.41, 5.74) is 3.55. The van der Waals surface area contributed by atoms with Gasteiger partial charge in [0.15, 0.2) is 5.76 Å². The van der Waals surface area contributed by atoms with Gasteiger partial charge in [-0.2, -0.15) is 10.2 Å². The number of carbonyl (C=O) groups is 1. The van der Waals surface area contributed by atoms with Crippen LogP contribution in [0.2, 0.25) is 0 Å². The SMILES string of the molecule is N#Cc1nc(-c2ccco2)oc1N1CCC(C(=O)N2CC=C(c3c[nH]c4ncccc34)CC2)CC1. The topological polar surface area (TPSA) is 115 Å². The number of oxazole rings is 1. The van der Waals surface area contributed by atoms with Gasteiger partial charge in [-0.3, -0.25) is 4.79 Å². The normalized spacial score (nSPS) is 16.9. The molecule has 1 N–H and O–H groups in total. The van der Waals surface area contributed by atoms with E-state index in [0.29, 0.717) is 56.6 Å². The first kappa shape index (κ1) is 21.2. The van der Waals surface area contributed by atoms with Crippen LogP contribution in [0.15, 0.2) is 57.8 Å². The van der Waals surface area contributed by atoms with Crippen molar-refractivity contribution in [3.8, 4) is 17.7 Å². The van der Waals surface area contributed by atoms with E-state index < -0.39 is 0 Å². The molecule has 1 saturated heterocycles. The quantitative estimate of drug-likeness (QED) is 0.477. The molecule has 0 radical (unpaired) electrons. The lowest BCUT2D eigenvalue weighted by Crippen LogP contribution is -2.44. The van der Waals surface area contributed by atoms with E-state index in [-0.39, 0.29) is 17.5 Å². The first-order chi connectivity index (χ1) is 17.2. The summed E-state index contributed by atoms with van der Waals surface area (Å²) in [6.07, 6.45) is 9.74. The Kier molecular flexibility index (Phi) is 5.34. The fourth-order valence-corrected chi connectivity index (χ4v) is 5.03. The number of nitriles is 1. The van der Waals surface area contributed by atoms with Crippen molar-refractivity contribution < 1.29 is 13.6 Å². The molecular formula is C26H24N6O3. The summed E-state index contributed by atoms with van der Waals surface area (Å²) in [6, 6.07) is 9.63. The molecule has 2 aliphatic rings. The highest BCUT2D eigenvalue weighted by atomic mass is 16.4. The predicted molar refractivity (Wildman–Crippen MR) is 129 cm³/mol. The van der Waals surface area contributed by atoms with Crippen molar-refractivity contribution in [3.05, 3.63) is 60.3 Å². The maximum absolute atomic E-state index is 13.2. The van der Waals surface area contributed by atoms with Crippen LogP contribution in [0, 0.1) is 17.2 Å². The Morgan fingerprint density at radius 2 is 2.09 bits per heavy atom. The number of aromatic nitrogens is 3. The highest BCUT2D eigenvalue weighted by molar-refractivity contribution is 5.91. The third-order valence-corrected chi connectivity index (χ3v) is 6.90. The van der Waals surface area contributed by atoms with E-state index in [2.05, 4.69) is 33.2 Å². The highest BCUT2D eigenvalue weighted by Gasteiger charge is 2.32. The molecule has 9 nitrogen and oxygen atoms in total. The van der Waals surface area contributed by atoms with Crippen LogP contribution < -0.4 is 4.90 Å². The Morgan fingerprint density at radius 3 is 2.83 bits per heavy atom. The fourth-order valence-electron chi connectivity index (χ4n) is 5.03. The zero-order chi connectivity index (χ0) is 23.8. The van der Waals surface area contributed by atoms with Gasteiger partial charge in [-0.25, -0.2) is 4.98 Å². The first-order valence-corrected chi connectivity index (χ1v) is 11.8. The van der Waals surface area contributed by atoms with Gasteiger partial charge in [0.1, 0.15) is 11.7 Å². The number of H-pyrrole nitrogens is 1. The van der Waals surface area contributed by atoms with Crippen molar-refractivity contribution in [1.82, 2.24) is 19.9 Å². The molecule has 176 valence electrons. The third kappa shape index (κ3) is 3.87. The molecule has 0 atom stereocenters. The maximum Gasteiger partial charge on any atom is 0.266 e. The smallest absolute Gasteiger partial charge is 0.266 e. The van der Waals surface area contributed by atoms with Gasteiger partial charge in [-0.05, 0) is 49.1 Å². The molecule has 6 rings (SSSR count). The minimum atomic E-state index is -0.0310. The van der Waals surface area contributed by atoms with E-state index in [9.17, 15) is 10.1 Å². The van der Waals surface area contributed by atoms with Gasteiger partial charge >= 0.3 is 0 Å². The second kappa shape index (κ2) is 8.80. The number of hydrogen-bond donors (Lipinski definition) is 1. The molecule has 6 heterocycles. The number of rotatable bonds is 4. The van der Waals surface area contributed by atoms with E-state index in [1.54, 1.807) is 24.6 Å². The number of anilines is 1. The molecule has 2 aliphatic heterocycles. The number of pyridine rings is 1. The summed E-state index contributed by atoms with van der Waals surface area (Å²) >= 11 is 0. The molecule has 4 aromatic rings. The third-order valence-electron chi connectivity index (χ3n) is 6.90. The van der Waals surface area contributed by atoms with Crippen LogP contribution in [-0.2, 0) is 4.79 Å². The van der Waals surface area contributed by atoms with Crippen LogP contribution in [0.5, 0.6) is 0 Å². The lowest BCUT2D eigenvalue weighted by atomic mass is 9.93. The summed E-state index contributed by atoms with van der Waals surface area (Å²) in [5.74, 6) is 1.40. The number of fused-ring (bicyclic) bond motifs is 1. The molecule has 4 aromatic heterocycles. The fraction of sp³-hybridized carbons (Fsp3) is 0.308. The van der Waals surface area contributed by atoms with E-state index >= 15 is 0 Å². The van der Waals surface area contributed by atoms with Gasteiger partial charge in [0, 0.05) is 55.4 Å². The standard InChI is InChI=1S/C26H24N6O3/c27-15-21-26(35-24(30-21)22-4-2-14-34-22)32-12-7-18(8-13-32)25(33)31-10-5-17(6-11-31)20-16-29-23-19(20)3-1-9-28-23/h1-5,9,14,16,18H,6-8,10-13H2,(H,28,29). The van der Waals surface area contributed by atoms with Crippen LogP contribution in [0.3, 0.4) is 0 Å². The maximum atomic E-state index is 13.2. The zero-order valence-electron chi connectivity index (χ0n) is 19.1. The van der Waals surface area contributed by atoms with Gasteiger partial charge < -0.3 is 23.6 Å². The number of hydrogen-bond acceptors (Lipinski definition) is 7. The number of nitrogens with one attached hydrogen (secondary N) is 1. The number of carbonyl (C=O) groups excluding carboxylic acids is 1. The number of aromatic amines is 1. The second-order valence-corrected chi connectivity index (χ2v) is 8.89. The Hall–Kier alpha value is -4.32. The summed E-state index contributed by atoms with van der Waals surface area (Å²) < 4.78 is 11.2. The molecule has 0 saturated carbocycles. The molecule has 0 aliphatic carbocycles. The molecule has 0 unspecified atom stereocenters. The van der Waals surface area contributed by atoms with Gasteiger partial charge in [0.05, 0.1) is 6.26 Å². The van der Waals surface area contributed by atoms with E-state index in [4.69, 9.17) is 8.83 Å². The largest absolute Gasteiger partial charge is 0.459 e. The number of piperidine rings is 1. The molecule has 0 spiro atoms. The van der Waals surface area contributed by atoms with Gasteiger partial charge in [0.2, 0.25) is 17.5 Å². The predicted octanol–water partition coefficient (Wildman–Crippen LogP) is 4.21. The average molecular weight is 469 g/mol. The van der Waals surface area contributed by atoms with Crippen LogP contribution in [-0.4, -0.2) is 51.9 Å². The summed E-state index contributed by atoms with van der Waals surface area (Å²) in [6.45, 7) is 2.60. The lowest BCUT2D eigenvalue weighted by molar-refractivity contribution is -0.135. The number of amides is 1. The Morgan fingerprint density at radius 1 is 1.20 bits per heavy atom. The minimum absolute atomic E-state index is 0.0310. The summed E-state index contributed by atoms with van der Waals surface area (Å²) in [4.78, 5) is 29.1. The molecule has 1 amide bonds. The molecule has 0 bridgehead atoms. The van der Waals surface area contributed by atoms with Crippen LogP contribution in [0.1, 0.15) is 30.5 Å². The van der Waals surface area contributed by atoms with Gasteiger partial charge in [-0.1, -0.05) is 6.08 Å². The van der Waals surface area contributed by atoms with Crippen molar-refractivity contribution in [2.45, 2.75) is 19.3 Å². The van der Waals surface area contributed by atoms with E-state index in [1.165, 1.54) is 11.1 Å². The van der Waals surface area contributed by atoms with Crippen LogP contribution in [0.4, 0.5) is 5.88 Å². The number of nitrogens with zero attached hydrogens (tertiary/aromatic N) is 5. The molecular weight excluding hydrogens is 444 g/mol. The van der Waals surface area contributed by atoms with E-state index in [0.717, 1.165) is 17.5 Å². The van der Waals surface area contributed by atoms with Crippen molar-refractivity contribution in [2.75, 3.05) is 31.1 Å². The highest BCUT2D eigenvalue weighted by Crippen LogP contribution is 2.33.